The molecule has 0 aliphatic rings. The van der Waals surface area contributed by atoms with Crippen LogP contribution in [0.5, 0.6) is 0 Å². The van der Waals surface area contributed by atoms with E-state index in [1.54, 1.807) is 4.90 Å². The van der Waals surface area contributed by atoms with Crippen molar-refractivity contribution in [2.24, 2.45) is 0 Å². The molecule has 0 bridgehead atoms. The van der Waals surface area contributed by atoms with Crippen LogP contribution in [-0.4, -0.2) is 63.3 Å². The molecule has 4 nitrogen and oxygen atoms in total. The van der Waals surface area contributed by atoms with Crippen molar-refractivity contribution in [1.29, 1.82) is 0 Å². The van der Waals surface area contributed by atoms with Crippen LogP contribution in [0.3, 0.4) is 0 Å². The highest BCUT2D eigenvalue weighted by Crippen LogP contribution is 2.01. The first-order valence-electron chi connectivity index (χ1n) is 6.99. The molecule has 0 spiro atoms. The number of nitrogens with one attached hydrogen (secondary N) is 1. The number of rotatable bonds is 7. The molecule has 0 aliphatic carbocycles. The predicted molar refractivity (Wildman–Crippen MR) is 78.9 cm³/mol. The lowest BCUT2D eigenvalue weighted by atomic mass is 10.2. The van der Waals surface area contributed by atoms with Gasteiger partial charge in [0.05, 0.1) is 47.8 Å². The Morgan fingerprint density at radius 1 is 0.778 bits per heavy atom. The summed E-state index contributed by atoms with van der Waals surface area (Å²) < 4.78 is 1.11. The maximum absolute atomic E-state index is 2.26. The second-order valence-corrected chi connectivity index (χ2v) is 5.74. The van der Waals surface area contributed by atoms with Crippen molar-refractivity contribution in [3.05, 3.63) is 0 Å². The van der Waals surface area contributed by atoms with Gasteiger partial charge in [-0.05, 0) is 26.7 Å². The molecular formula is C14H38N2O2. The molecule has 0 aromatic heterocycles. The normalized spacial score (nSPS) is 10.0. The second kappa shape index (κ2) is 16.8. The topological polar surface area (TPSA) is 64.4 Å². The van der Waals surface area contributed by atoms with Crippen molar-refractivity contribution >= 4 is 0 Å². The highest BCUT2D eigenvalue weighted by Gasteiger charge is 2.04. The van der Waals surface area contributed by atoms with Crippen LogP contribution < -0.4 is 4.90 Å². The van der Waals surface area contributed by atoms with E-state index in [0.717, 1.165) is 4.48 Å². The number of nitrogens with zero attached hydrogens (tertiary/aromatic N) is 1. The van der Waals surface area contributed by atoms with Gasteiger partial charge in [0.25, 0.3) is 0 Å². The Balaban J connectivity index is -0.000000108. The lowest BCUT2D eigenvalue weighted by Gasteiger charge is -2.23. The summed E-state index contributed by atoms with van der Waals surface area (Å²) >= 11 is 0. The number of unbranched alkanes of at least 4 members (excludes halogenated alkanes) is 3. The molecule has 3 N–H and O–H groups in total. The predicted octanol–water partition coefficient (Wildman–Crippen LogP) is 1.46. The average Bonchev–Trinajstić information content (AvgIpc) is 2.23. The van der Waals surface area contributed by atoms with Gasteiger partial charge in [0, 0.05) is 0 Å². The number of quaternary nitrogens is 2. The molecule has 0 heterocycles. The van der Waals surface area contributed by atoms with Crippen LogP contribution in [0, 0.1) is 0 Å². The minimum Gasteiger partial charge on any atom is -0.870 e. The van der Waals surface area contributed by atoms with E-state index in [0.29, 0.717) is 0 Å². The smallest absolute Gasteiger partial charge is 0.0780 e. The van der Waals surface area contributed by atoms with Crippen molar-refractivity contribution in [1.82, 2.24) is 0 Å². The third kappa shape index (κ3) is 29.7. The lowest BCUT2D eigenvalue weighted by molar-refractivity contribution is -0.875. The Morgan fingerprint density at radius 2 is 1.22 bits per heavy atom. The fraction of sp³-hybridized carbons (Fsp3) is 1.00. The molecule has 0 rings (SSSR count). The Hall–Kier alpha value is -0.160. The standard InChI is InChI=1S/C9H22N.C5H13N.2H2O/c1-5-6-7-8-9-10(2,3)4;1-4-6(3)5-2;;/h5-9H2,1-4H3;4-5H2,1-3H3;2*1H2/q+1;;;/p-1. The maximum atomic E-state index is 2.26. The summed E-state index contributed by atoms with van der Waals surface area (Å²) in [7, 11) is 8.96. The molecule has 0 aromatic carbocycles. The summed E-state index contributed by atoms with van der Waals surface area (Å²) in [5.74, 6) is 0. The number of hydrogen-bond acceptors (Lipinski definition) is 2. The first kappa shape index (κ1) is 26.4. The van der Waals surface area contributed by atoms with Crippen LogP contribution in [0.2, 0.25) is 0 Å². The molecule has 0 unspecified atom stereocenters. The van der Waals surface area contributed by atoms with Gasteiger partial charge in [0.1, 0.15) is 0 Å². The molecular weight excluding hydrogens is 228 g/mol. The van der Waals surface area contributed by atoms with Crippen LogP contribution in [0.25, 0.3) is 0 Å². The van der Waals surface area contributed by atoms with Gasteiger partial charge < -0.3 is 20.3 Å². The fourth-order valence-corrected chi connectivity index (χ4v) is 1.26. The largest absolute Gasteiger partial charge is 0.870 e. The molecule has 0 saturated heterocycles. The third-order valence-electron chi connectivity index (χ3n) is 2.89. The van der Waals surface area contributed by atoms with Crippen molar-refractivity contribution < 1.29 is 20.3 Å². The Labute approximate surface area is 115 Å². The summed E-state index contributed by atoms with van der Waals surface area (Å²) in [5.41, 5.74) is 0. The van der Waals surface area contributed by atoms with Crippen molar-refractivity contribution in [3.63, 3.8) is 0 Å². The first-order chi connectivity index (χ1) is 7.37. The first-order valence-corrected chi connectivity index (χ1v) is 6.99. The van der Waals surface area contributed by atoms with Crippen LogP contribution in [0.15, 0.2) is 0 Å². The zero-order chi connectivity index (χ0) is 13.0. The molecule has 0 radical (unpaired) electrons. The Kier molecular flexibility index (Phi) is 24.7. The van der Waals surface area contributed by atoms with Gasteiger partial charge in [0.2, 0.25) is 0 Å². The van der Waals surface area contributed by atoms with Gasteiger partial charge in [-0.3, -0.25) is 0 Å². The fourth-order valence-electron chi connectivity index (χ4n) is 1.26. The zero-order valence-corrected chi connectivity index (χ0v) is 13.8. The Bertz CT molecular complexity index is 132. The summed E-state index contributed by atoms with van der Waals surface area (Å²) in [4.78, 5) is 1.59. The summed E-state index contributed by atoms with van der Waals surface area (Å²) in [6.45, 7) is 10.5. The summed E-state index contributed by atoms with van der Waals surface area (Å²) in [6, 6.07) is 0. The molecule has 0 aromatic rings. The average molecular weight is 266 g/mol. The third-order valence-corrected chi connectivity index (χ3v) is 2.89. The van der Waals surface area contributed by atoms with E-state index in [2.05, 4.69) is 49.0 Å². The number of hydrogen-bond donors (Lipinski definition) is 1. The highest BCUT2D eigenvalue weighted by molar-refractivity contribution is 4.38. The van der Waals surface area contributed by atoms with Gasteiger partial charge in [-0.1, -0.05) is 19.8 Å². The van der Waals surface area contributed by atoms with Crippen LogP contribution in [0.4, 0.5) is 0 Å². The lowest BCUT2D eigenvalue weighted by Crippen LogP contribution is -3.08. The van der Waals surface area contributed by atoms with Gasteiger partial charge >= 0.3 is 0 Å². The molecule has 0 aliphatic heterocycles. The SMILES string of the molecule is CCCCCC[N+](C)(C)C.CC[NH+](C)CC.[OH-].[OH-]. The van der Waals surface area contributed by atoms with Gasteiger partial charge in [-0.15, -0.1) is 0 Å². The van der Waals surface area contributed by atoms with E-state index >= 15 is 0 Å². The molecule has 0 saturated carbocycles. The quantitative estimate of drug-likeness (QED) is 0.560. The van der Waals surface area contributed by atoms with Gasteiger partial charge in [-0.2, -0.15) is 0 Å². The molecule has 0 atom stereocenters. The van der Waals surface area contributed by atoms with E-state index in [4.69, 9.17) is 0 Å². The van der Waals surface area contributed by atoms with E-state index < -0.39 is 0 Å². The van der Waals surface area contributed by atoms with Crippen molar-refractivity contribution in [3.8, 4) is 0 Å². The van der Waals surface area contributed by atoms with E-state index in [9.17, 15) is 0 Å². The molecule has 4 heteroatoms. The van der Waals surface area contributed by atoms with Gasteiger partial charge in [0.15, 0.2) is 0 Å². The summed E-state index contributed by atoms with van der Waals surface area (Å²) in [6.07, 6.45) is 5.54. The molecule has 18 heavy (non-hydrogen) atoms. The van der Waals surface area contributed by atoms with Crippen molar-refractivity contribution in [2.45, 2.75) is 46.5 Å². The minimum absolute atomic E-state index is 0. The molecule has 0 fully saturated rings. The second-order valence-electron chi connectivity index (χ2n) is 5.74. The zero-order valence-electron chi connectivity index (χ0n) is 13.8. The van der Waals surface area contributed by atoms with Crippen LogP contribution >= 0.6 is 0 Å². The molecule has 116 valence electrons. The minimum atomic E-state index is 0. The maximum Gasteiger partial charge on any atom is 0.0780 e. The molecule has 0 amide bonds. The van der Waals surface area contributed by atoms with Gasteiger partial charge in [-0.25, -0.2) is 0 Å². The van der Waals surface area contributed by atoms with Crippen molar-refractivity contribution in [2.75, 3.05) is 47.8 Å². The van der Waals surface area contributed by atoms with E-state index in [1.165, 1.54) is 45.3 Å². The monoisotopic (exact) mass is 266 g/mol. The van der Waals surface area contributed by atoms with Crippen LogP contribution in [-0.2, 0) is 0 Å². The Morgan fingerprint density at radius 3 is 1.44 bits per heavy atom. The van der Waals surface area contributed by atoms with Crippen LogP contribution in [0.1, 0.15) is 46.5 Å². The van der Waals surface area contributed by atoms with E-state index in [1.807, 2.05) is 0 Å². The summed E-state index contributed by atoms with van der Waals surface area (Å²) in [5, 5.41) is 0. The van der Waals surface area contributed by atoms with E-state index in [-0.39, 0.29) is 11.0 Å². The highest BCUT2D eigenvalue weighted by atomic mass is 16.0.